The number of unbranched alkanes of at least 4 members (excludes halogenated alkanes) is 2. The van der Waals surface area contributed by atoms with E-state index in [0.29, 0.717) is 12.8 Å². The van der Waals surface area contributed by atoms with Gasteiger partial charge in [0, 0.05) is 6.42 Å². The summed E-state index contributed by atoms with van der Waals surface area (Å²) in [6, 6.07) is -0.612. The zero-order chi connectivity index (χ0) is 13.5. The fourth-order valence-electron chi connectivity index (χ4n) is 1.31. The van der Waals surface area contributed by atoms with E-state index in [-0.39, 0.29) is 6.42 Å². The summed E-state index contributed by atoms with van der Waals surface area (Å²) >= 11 is 0. The molecule has 0 bridgehead atoms. The summed E-state index contributed by atoms with van der Waals surface area (Å²) in [6.45, 7) is 5.39. The molecule has 3 N–H and O–H groups in total. The Morgan fingerprint density at radius 1 is 1.24 bits per heavy atom. The number of ether oxygens (including phenoxy) is 1. The number of hydrogen-bond acceptors (Lipinski definition) is 4. The number of carboxylic acids is 1. The van der Waals surface area contributed by atoms with Crippen molar-refractivity contribution >= 4 is 11.9 Å². The summed E-state index contributed by atoms with van der Waals surface area (Å²) in [6.07, 6.45) is 2.84. The van der Waals surface area contributed by atoms with Crippen LogP contribution >= 0.6 is 0 Å². The van der Waals surface area contributed by atoms with Gasteiger partial charge in [-0.2, -0.15) is 0 Å². The molecule has 0 aliphatic carbocycles. The molecule has 1 unspecified atom stereocenters. The van der Waals surface area contributed by atoms with Crippen LogP contribution in [0.2, 0.25) is 0 Å². The minimum atomic E-state index is -0.790. The van der Waals surface area contributed by atoms with Gasteiger partial charge in [0.15, 0.2) is 0 Å². The summed E-state index contributed by atoms with van der Waals surface area (Å²) in [7, 11) is 0. The molecule has 0 heterocycles. The Balaban J connectivity index is 3.68. The van der Waals surface area contributed by atoms with Crippen molar-refractivity contribution in [3.8, 4) is 0 Å². The molecule has 0 fully saturated rings. The smallest absolute Gasteiger partial charge is 0.323 e. The fraction of sp³-hybridized carbons (Fsp3) is 0.833. The zero-order valence-electron chi connectivity index (χ0n) is 10.9. The summed E-state index contributed by atoms with van der Waals surface area (Å²) in [4.78, 5) is 21.8. The Kier molecular flexibility index (Phi) is 6.80. The van der Waals surface area contributed by atoms with Crippen molar-refractivity contribution < 1.29 is 19.4 Å². The molecule has 0 aliphatic rings. The molecule has 0 amide bonds. The van der Waals surface area contributed by atoms with Gasteiger partial charge in [0.05, 0.1) is 0 Å². The quantitative estimate of drug-likeness (QED) is 0.526. The molecular formula is C12H23NO4. The van der Waals surface area contributed by atoms with Crippen LogP contribution in [0.15, 0.2) is 0 Å². The van der Waals surface area contributed by atoms with E-state index < -0.39 is 23.6 Å². The van der Waals surface area contributed by atoms with Gasteiger partial charge in [-0.15, -0.1) is 0 Å². The van der Waals surface area contributed by atoms with Gasteiger partial charge in [0.2, 0.25) is 0 Å². The Morgan fingerprint density at radius 3 is 2.29 bits per heavy atom. The Labute approximate surface area is 102 Å². The molecule has 0 aromatic heterocycles. The molecular weight excluding hydrogens is 222 g/mol. The van der Waals surface area contributed by atoms with E-state index in [2.05, 4.69) is 0 Å². The van der Waals surface area contributed by atoms with Crippen LogP contribution in [0.3, 0.4) is 0 Å². The minimum absolute atomic E-state index is 0.168. The SMILES string of the molecule is CC(C)(C)OC(=O)C(N)CCCCCC(=O)O. The van der Waals surface area contributed by atoms with Gasteiger partial charge in [-0.05, 0) is 33.6 Å². The summed E-state index contributed by atoms with van der Waals surface area (Å²) < 4.78 is 5.14. The van der Waals surface area contributed by atoms with Crippen molar-refractivity contribution in [2.75, 3.05) is 0 Å². The first-order chi connectivity index (χ1) is 7.72. The number of esters is 1. The Hall–Kier alpha value is -1.10. The fourth-order valence-corrected chi connectivity index (χ4v) is 1.31. The van der Waals surface area contributed by atoms with Crippen molar-refractivity contribution in [3.05, 3.63) is 0 Å². The predicted molar refractivity (Wildman–Crippen MR) is 64.5 cm³/mol. The lowest BCUT2D eigenvalue weighted by atomic mass is 10.1. The maximum Gasteiger partial charge on any atom is 0.323 e. The molecule has 5 nitrogen and oxygen atoms in total. The highest BCUT2D eigenvalue weighted by Crippen LogP contribution is 2.11. The number of carbonyl (C=O) groups is 2. The third kappa shape index (κ3) is 9.81. The Morgan fingerprint density at radius 2 is 1.82 bits per heavy atom. The van der Waals surface area contributed by atoms with Gasteiger partial charge in [-0.25, -0.2) is 0 Å². The number of nitrogens with two attached hydrogens (primary N) is 1. The van der Waals surface area contributed by atoms with Crippen LogP contribution in [0.25, 0.3) is 0 Å². The van der Waals surface area contributed by atoms with Gasteiger partial charge in [0.1, 0.15) is 11.6 Å². The maximum atomic E-state index is 11.5. The Bertz CT molecular complexity index is 258. The molecule has 0 aromatic carbocycles. The topological polar surface area (TPSA) is 89.6 Å². The molecule has 0 saturated heterocycles. The van der Waals surface area contributed by atoms with Gasteiger partial charge >= 0.3 is 11.9 Å². The van der Waals surface area contributed by atoms with Crippen LogP contribution in [0.4, 0.5) is 0 Å². The van der Waals surface area contributed by atoms with Crippen LogP contribution < -0.4 is 5.73 Å². The highest BCUT2D eigenvalue weighted by atomic mass is 16.6. The first-order valence-electron chi connectivity index (χ1n) is 5.92. The maximum absolute atomic E-state index is 11.5. The number of aliphatic carboxylic acids is 1. The third-order valence-electron chi connectivity index (χ3n) is 2.12. The van der Waals surface area contributed by atoms with Gasteiger partial charge in [-0.3, -0.25) is 9.59 Å². The number of rotatable bonds is 7. The molecule has 17 heavy (non-hydrogen) atoms. The lowest BCUT2D eigenvalue weighted by molar-refractivity contribution is -0.156. The lowest BCUT2D eigenvalue weighted by Crippen LogP contribution is -2.37. The van der Waals surface area contributed by atoms with Crippen molar-refractivity contribution in [1.82, 2.24) is 0 Å². The second-order valence-corrected chi connectivity index (χ2v) is 5.13. The van der Waals surface area contributed by atoms with Gasteiger partial charge < -0.3 is 15.6 Å². The second kappa shape index (κ2) is 7.27. The molecule has 100 valence electrons. The van der Waals surface area contributed by atoms with E-state index >= 15 is 0 Å². The van der Waals surface area contributed by atoms with Crippen molar-refractivity contribution in [1.29, 1.82) is 0 Å². The first kappa shape index (κ1) is 15.9. The first-order valence-corrected chi connectivity index (χ1v) is 5.92. The number of carboxylic acid groups (broad SMARTS) is 1. The largest absolute Gasteiger partial charge is 0.481 e. The predicted octanol–water partition coefficient (Wildman–Crippen LogP) is 1.69. The van der Waals surface area contributed by atoms with E-state index in [9.17, 15) is 9.59 Å². The second-order valence-electron chi connectivity index (χ2n) is 5.13. The van der Waals surface area contributed by atoms with E-state index in [1.807, 2.05) is 0 Å². The minimum Gasteiger partial charge on any atom is -0.481 e. The lowest BCUT2D eigenvalue weighted by Gasteiger charge is -2.22. The summed E-state index contributed by atoms with van der Waals surface area (Å²) in [5.41, 5.74) is 5.16. The van der Waals surface area contributed by atoms with Gasteiger partial charge in [0.25, 0.3) is 0 Å². The molecule has 0 rings (SSSR count). The summed E-state index contributed by atoms with van der Waals surface area (Å²) in [5, 5.41) is 8.44. The zero-order valence-corrected chi connectivity index (χ0v) is 10.9. The highest BCUT2D eigenvalue weighted by molar-refractivity contribution is 5.75. The average Bonchev–Trinajstić information content (AvgIpc) is 2.13. The van der Waals surface area contributed by atoms with Crippen molar-refractivity contribution in [3.63, 3.8) is 0 Å². The molecule has 1 atom stereocenters. The normalized spacial score (nSPS) is 13.2. The summed E-state index contributed by atoms with van der Waals surface area (Å²) in [5.74, 6) is -1.18. The van der Waals surface area contributed by atoms with Crippen molar-refractivity contribution in [2.24, 2.45) is 5.73 Å². The molecule has 5 heteroatoms. The number of hydrogen-bond donors (Lipinski definition) is 2. The molecule has 0 saturated carbocycles. The van der Waals surface area contributed by atoms with Crippen LogP contribution in [0.1, 0.15) is 52.9 Å². The third-order valence-corrected chi connectivity index (χ3v) is 2.12. The van der Waals surface area contributed by atoms with E-state index in [4.69, 9.17) is 15.6 Å². The van der Waals surface area contributed by atoms with Gasteiger partial charge in [-0.1, -0.05) is 12.8 Å². The standard InChI is InChI=1S/C12H23NO4/c1-12(2,3)17-11(16)9(13)7-5-4-6-8-10(14)15/h9H,4-8,13H2,1-3H3,(H,14,15). The molecule has 0 spiro atoms. The van der Waals surface area contributed by atoms with E-state index in [1.54, 1.807) is 20.8 Å². The monoisotopic (exact) mass is 245 g/mol. The van der Waals surface area contributed by atoms with E-state index in [1.165, 1.54) is 0 Å². The average molecular weight is 245 g/mol. The van der Waals surface area contributed by atoms with Crippen LogP contribution in [0.5, 0.6) is 0 Å². The molecule has 0 aliphatic heterocycles. The van der Waals surface area contributed by atoms with Crippen LogP contribution in [-0.4, -0.2) is 28.7 Å². The van der Waals surface area contributed by atoms with Crippen LogP contribution in [-0.2, 0) is 14.3 Å². The number of carbonyl (C=O) groups excluding carboxylic acids is 1. The molecule has 0 aromatic rings. The highest BCUT2D eigenvalue weighted by Gasteiger charge is 2.21. The molecule has 0 radical (unpaired) electrons. The van der Waals surface area contributed by atoms with Crippen molar-refractivity contribution in [2.45, 2.75) is 64.5 Å². The van der Waals surface area contributed by atoms with E-state index in [0.717, 1.165) is 12.8 Å². The van der Waals surface area contributed by atoms with Crippen LogP contribution in [0, 0.1) is 0 Å².